The summed E-state index contributed by atoms with van der Waals surface area (Å²) in [5.41, 5.74) is 11.6. The summed E-state index contributed by atoms with van der Waals surface area (Å²) >= 11 is 0. The van der Waals surface area contributed by atoms with E-state index in [4.69, 9.17) is 11.5 Å². The molecule has 5 N–H and O–H groups in total. The Kier molecular flexibility index (Phi) is 2.78. The molecule has 0 unspecified atom stereocenters. The molecule has 0 atom stereocenters. The molecule has 1 aromatic rings. The van der Waals surface area contributed by atoms with E-state index in [1.165, 1.54) is 6.42 Å². The third kappa shape index (κ3) is 2.14. The van der Waals surface area contributed by atoms with Crippen LogP contribution in [0.1, 0.15) is 29.6 Å². The number of hydrogen-bond donors (Lipinski definition) is 3. The molecule has 0 aliphatic heterocycles. The van der Waals surface area contributed by atoms with E-state index in [0.29, 0.717) is 17.9 Å². The van der Waals surface area contributed by atoms with Gasteiger partial charge in [-0.1, -0.05) is 0 Å². The van der Waals surface area contributed by atoms with Crippen molar-refractivity contribution < 1.29 is 4.79 Å². The molecule has 1 heterocycles. The number of pyridine rings is 1. The van der Waals surface area contributed by atoms with Gasteiger partial charge in [-0.25, -0.2) is 4.98 Å². The van der Waals surface area contributed by atoms with Crippen LogP contribution in [0.2, 0.25) is 0 Å². The molecular weight excluding hydrogens is 204 g/mol. The van der Waals surface area contributed by atoms with Crippen molar-refractivity contribution in [2.24, 2.45) is 11.5 Å². The van der Waals surface area contributed by atoms with E-state index < -0.39 is 5.91 Å². The fourth-order valence-corrected chi connectivity index (χ4v) is 1.81. The normalized spacial score (nSPS) is 17.6. The minimum Gasteiger partial charge on any atom is -0.368 e. The number of hydrogen-bond acceptors (Lipinski definition) is 4. The molecule has 1 aliphatic carbocycles. The summed E-state index contributed by atoms with van der Waals surface area (Å²) < 4.78 is 0. The average molecular weight is 220 g/mol. The zero-order valence-corrected chi connectivity index (χ0v) is 9.07. The van der Waals surface area contributed by atoms with E-state index in [1.807, 2.05) is 0 Å². The molecule has 1 saturated carbocycles. The van der Waals surface area contributed by atoms with Crippen molar-refractivity contribution in [3.8, 4) is 0 Å². The lowest BCUT2D eigenvalue weighted by Gasteiger charge is -2.38. The molecule has 0 bridgehead atoms. The maximum Gasteiger partial charge on any atom is 0.252 e. The van der Waals surface area contributed by atoms with Crippen molar-refractivity contribution in [3.63, 3.8) is 0 Å². The Hall–Kier alpha value is -1.62. The third-order valence-corrected chi connectivity index (χ3v) is 3.03. The van der Waals surface area contributed by atoms with Crippen LogP contribution in [0.25, 0.3) is 0 Å². The van der Waals surface area contributed by atoms with E-state index in [9.17, 15) is 4.79 Å². The number of rotatable bonds is 4. The summed E-state index contributed by atoms with van der Waals surface area (Å²) in [6.07, 6.45) is 4.82. The highest BCUT2D eigenvalue weighted by atomic mass is 16.1. The smallest absolute Gasteiger partial charge is 0.252 e. The number of anilines is 1. The summed E-state index contributed by atoms with van der Waals surface area (Å²) in [4.78, 5) is 15.2. The van der Waals surface area contributed by atoms with Gasteiger partial charge in [-0.2, -0.15) is 0 Å². The molecule has 1 aliphatic rings. The lowest BCUT2D eigenvalue weighted by molar-refractivity contribution is 0.100. The highest BCUT2D eigenvalue weighted by molar-refractivity contribution is 5.97. The average Bonchev–Trinajstić information content (AvgIpc) is 2.24. The van der Waals surface area contributed by atoms with Crippen molar-refractivity contribution in [3.05, 3.63) is 23.9 Å². The van der Waals surface area contributed by atoms with Crippen LogP contribution in [0.4, 0.5) is 5.82 Å². The van der Waals surface area contributed by atoms with Crippen LogP contribution in [0.3, 0.4) is 0 Å². The second kappa shape index (κ2) is 4.09. The number of amides is 1. The molecule has 16 heavy (non-hydrogen) atoms. The SMILES string of the molecule is NC(=O)c1cccnc1NCC1(N)CCC1. The monoisotopic (exact) mass is 220 g/mol. The molecule has 0 spiro atoms. The zero-order valence-electron chi connectivity index (χ0n) is 9.07. The van der Waals surface area contributed by atoms with Gasteiger partial charge in [0.15, 0.2) is 0 Å². The lowest BCUT2D eigenvalue weighted by atomic mass is 9.78. The predicted molar refractivity (Wildman–Crippen MR) is 62.0 cm³/mol. The van der Waals surface area contributed by atoms with Gasteiger partial charge in [0, 0.05) is 18.3 Å². The maximum atomic E-state index is 11.1. The molecule has 0 aromatic carbocycles. The zero-order chi connectivity index (χ0) is 11.6. The largest absolute Gasteiger partial charge is 0.368 e. The van der Waals surface area contributed by atoms with Crippen LogP contribution in [0.15, 0.2) is 18.3 Å². The van der Waals surface area contributed by atoms with Crippen LogP contribution in [-0.4, -0.2) is 23.0 Å². The van der Waals surface area contributed by atoms with Gasteiger partial charge >= 0.3 is 0 Å². The molecule has 5 heteroatoms. The minimum atomic E-state index is -0.477. The van der Waals surface area contributed by atoms with Gasteiger partial charge in [0.05, 0.1) is 5.56 Å². The van der Waals surface area contributed by atoms with E-state index in [1.54, 1.807) is 18.3 Å². The Morgan fingerprint density at radius 3 is 2.88 bits per heavy atom. The Balaban J connectivity index is 2.06. The van der Waals surface area contributed by atoms with Gasteiger partial charge in [-0.15, -0.1) is 0 Å². The molecule has 86 valence electrons. The standard InChI is InChI=1S/C11H16N4O/c12-9(16)8-3-1-6-14-10(8)15-7-11(13)4-2-5-11/h1,3,6H,2,4-5,7,13H2,(H2,12,16)(H,14,15). The van der Waals surface area contributed by atoms with E-state index in [0.717, 1.165) is 12.8 Å². The van der Waals surface area contributed by atoms with Crippen molar-refractivity contribution in [2.75, 3.05) is 11.9 Å². The van der Waals surface area contributed by atoms with Crippen molar-refractivity contribution in [1.29, 1.82) is 0 Å². The number of nitrogens with one attached hydrogen (secondary N) is 1. The highest BCUT2D eigenvalue weighted by Gasteiger charge is 2.32. The van der Waals surface area contributed by atoms with Crippen LogP contribution in [0, 0.1) is 0 Å². The van der Waals surface area contributed by atoms with Gasteiger partial charge in [0.25, 0.3) is 5.91 Å². The highest BCUT2D eigenvalue weighted by Crippen LogP contribution is 2.29. The first-order chi connectivity index (χ1) is 7.61. The number of carbonyl (C=O) groups is 1. The first kappa shape index (κ1) is 10.9. The Morgan fingerprint density at radius 1 is 1.56 bits per heavy atom. The van der Waals surface area contributed by atoms with E-state index in [-0.39, 0.29) is 5.54 Å². The second-order valence-corrected chi connectivity index (χ2v) is 4.33. The first-order valence-corrected chi connectivity index (χ1v) is 5.38. The van der Waals surface area contributed by atoms with Crippen LogP contribution < -0.4 is 16.8 Å². The molecule has 1 fully saturated rings. The number of carbonyl (C=O) groups excluding carboxylic acids is 1. The summed E-state index contributed by atoms with van der Waals surface area (Å²) in [6.45, 7) is 0.629. The van der Waals surface area contributed by atoms with Gasteiger partial charge in [0.2, 0.25) is 0 Å². The fourth-order valence-electron chi connectivity index (χ4n) is 1.81. The van der Waals surface area contributed by atoms with Gasteiger partial charge < -0.3 is 16.8 Å². The van der Waals surface area contributed by atoms with Crippen molar-refractivity contribution in [2.45, 2.75) is 24.8 Å². The molecule has 2 rings (SSSR count). The van der Waals surface area contributed by atoms with Crippen molar-refractivity contribution >= 4 is 11.7 Å². The number of aromatic nitrogens is 1. The Bertz CT molecular complexity index is 401. The lowest BCUT2D eigenvalue weighted by Crippen LogP contribution is -2.52. The van der Waals surface area contributed by atoms with Crippen LogP contribution in [-0.2, 0) is 0 Å². The summed E-state index contributed by atoms with van der Waals surface area (Å²) in [5, 5.41) is 3.10. The number of nitrogens with two attached hydrogens (primary N) is 2. The second-order valence-electron chi connectivity index (χ2n) is 4.33. The van der Waals surface area contributed by atoms with Crippen LogP contribution >= 0.6 is 0 Å². The minimum absolute atomic E-state index is 0.146. The Morgan fingerprint density at radius 2 is 2.31 bits per heavy atom. The molecule has 1 amide bonds. The van der Waals surface area contributed by atoms with Gasteiger partial charge in [-0.3, -0.25) is 4.79 Å². The maximum absolute atomic E-state index is 11.1. The van der Waals surface area contributed by atoms with Crippen LogP contribution in [0.5, 0.6) is 0 Å². The Labute approximate surface area is 94.2 Å². The summed E-state index contributed by atoms with van der Waals surface area (Å²) in [6, 6.07) is 3.34. The molecule has 5 nitrogen and oxygen atoms in total. The van der Waals surface area contributed by atoms with Gasteiger partial charge in [0.1, 0.15) is 5.82 Å². The first-order valence-electron chi connectivity index (χ1n) is 5.38. The van der Waals surface area contributed by atoms with E-state index >= 15 is 0 Å². The number of nitrogens with zero attached hydrogens (tertiary/aromatic N) is 1. The molecule has 0 radical (unpaired) electrons. The fraction of sp³-hybridized carbons (Fsp3) is 0.455. The topological polar surface area (TPSA) is 94.0 Å². The van der Waals surface area contributed by atoms with Crippen molar-refractivity contribution in [1.82, 2.24) is 4.98 Å². The third-order valence-electron chi connectivity index (χ3n) is 3.03. The summed E-state index contributed by atoms with van der Waals surface area (Å²) in [5.74, 6) is 0.0435. The van der Waals surface area contributed by atoms with E-state index in [2.05, 4.69) is 10.3 Å². The quantitative estimate of drug-likeness (QED) is 0.687. The molecule has 0 saturated heterocycles. The predicted octanol–water partition coefficient (Wildman–Crippen LogP) is 0.474. The number of primary amides is 1. The summed E-state index contributed by atoms with van der Waals surface area (Å²) in [7, 11) is 0. The molecule has 1 aromatic heterocycles. The molecular formula is C11H16N4O. The van der Waals surface area contributed by atoms with Gasteiger partial charge in [-0.05, 0) is 31.4 Å².